The van der Waals surface area contributed by atoms with Crippen molar-refractivity contribution in [3.8, 4) is 0 Å². The maximum Gasteiger partial charge on any atom is 0.414 e. The van der Waals surface area contributed by atoms with Gasteiger partial charge in [-0.25, -0.2) is 19.2 Å². The summed E-state index contributed by atoms with van der Waals surface area (Å²) in [4.78, 5) is 53.6. The lowest BCUT2D eigenvalue weighted by atomic mass is 10.2. The van der Waals surface area contributed by atoms with Crippen LogP contribution in [0.1, 0.15) is 19.8 Å². The number of carbonyl (C=O) groups excluding carboxylic acids is 1. The third-order valence-electron chi connectivity index (χ3n) is 5.30. The van der Waals surface area contributed by atoms with E-state index < -0.39 is 23.9 Å². The van der Waals surface area contributed by atoms with Crippen LogP contribution in [0.4, 0.5) is 5.69 Å². The molecular formula is C22H30BrN3O10. The number of amides is 1. The molecular weight excluding hydrogens is 546 g/mol. The molecule has 1 amide bonds. The summed E-state index contributed by atoms with van der Waals surface area (Å²) in [5, 5.41) is 32.6. The second-order valence-corrected chi connectivity index (χ2v) is 8.78. The van der Waals surface area contributed by atoms with Gasteiger partial charge >= 0.3 is 23.9 Å². The number of benzene rings is 1. The summed E-state index contributed by atoms with van der Waals surface area (Å²) in [6, 6.07) is 7.58. The van der Waals surface area contributed by atoms with E-state index >= 15 is 0 Å². The van der Waals surface area contributed by atoms with Crippen molar-refractivity contribution in [1.29, 1.82) is 0 Å². The van der Waals surface area contributed by atoms with Gasteiger partial charge in [-0.1, -0.05) is 15.9 Å². The Morgan fingerprint density at radius 3 is 1.86 bits per heavy atom. The van der Waals surface area contributed by atoms with E-state index in [0.29, 0.717) is 6.10 Å². The molecule has 3 rings (SSSR count). The lowest BCUT2D eigenvalue weighted by Gasteiger charge is -2.38. The largest absolute Gasteiger partial charge is 0.473 e. The number of anilines is 1. The fourth-order valence-corrected chi connectivity index (χ4v) is 3.62. The van der Waals surface area contributed by atoms with Gasteiger partial charge in [0.05, 0.1) is 12.1 Å². The van der Waals surface area contributed by atoms with Gasteiger partial charge in [0.15, 0.2) is 0 Å². The van der Waals surface area contributed by atoms with Gasteiger partial charge in [0, 0.05) is 49.5 Å². The van der Waals surface area contributed by atoms with Crippen LogP contribution in [0.3, 0.4) is 0 Å². The minimum Gasteiger partial charge on any atom is -0.473 e. The first-order valence-corrected chi connectivity index (χ1v) is 11.8. The van der Waals surface area contributed by atoms with Gasteiger partial charge in [-0.15, -0.1) is 0 Å². The van der Waals surface area contributed by atoms with Crippen LogP contribution in [0.15, 0.2) is 28.7 Å². The van der Waals surface area contributed by atoms with Gasteiger partial charge in [-0.05, 0) is 44.0 Å². The average Bonchev–Trinajstić information content (AvgIpc) is 3.34. The van der Waals surface area contributed by atoms with Crippen molar-refractivity contribution in [3.05, 3.63) is 28.7 Å². The summed E-state index contributed by atoms with van der Waals surface area (Å²) < 4.78 is 6.73. The molecule has 2 atom stereocenters. The van der Waals surface area contributed by atoms with Gasteiger partial charge < -0.3 is 30.5 Å². The number of aliphatic carboxylic acids is 4. The Bertz CT molecular complexity index is 850. The maximum atomic E-state index is 12.5. The zero-order valence-electron chi connectivity index (χ0n) is 19.6. The van der Waals surface area contributed by atoms with Crippen molar-refractivity contribution in [2.24, 2.45) is 0 Å². The maximum absolute atomic E-state index is 12.5. The van der Waals surface area contributed by atoms with E-state index in [1.54, 1.807) is 0 Å². The van der Waals surface area contributed by atoms with Crippen LogP contribution in [0.5, 0.6) is 0 Å². The summed E-state index contributed by atoms with van der Waals surface area (Å²) in [6.07, 6.45) is 2.79. The number of rotatable bonds is 5. The minimum absolute atomic E-state index is 0.0601. The van der Waals surface area contributed by atoms with Crippen molar-refractivity contribution in [3.63, 3.8) is 0 Å². The average molecular weight is 576 g/mol. The van der Waals surface area contributed by atoms with Crippen LogP contribution in [0, 0.1) is 0 Å². The monoisotopic (exact) mass is 575 g/mol. The molecule has 36 heavy (non-hydrogen) atoms. The first kappa shape index (κ1) is 31.0. The number of halogens is 1. The Morgan fingerprint density at radius 1 is 0.944 bits per heavy atom. The summed E-state index contributed by atoms with van der Waals surface area (Å²) in [6.45, 7) is 7.82. The molecule has 2 saturated heterocycles. The van der Waals surface area contributed by atoms with Crippen LogP contribution >= 0.6 is 15.9 Å². The van der Waals surface area contributed by atoms with Crippen LogP contribution < -0.4 is 5.32 Å². The molecule has 2 unspecified atom stereocenters. The number of nitrogens with one attached hydrogen (secondary N) is 1. The fourth-order valence-electron chi connectivity index (χ4n) is 3.36. The van der Waals surface area contributed by atoms with Gasteiger partial charge in [-0.2, -0.15) is 0 Å². The van der Waals surface area contributed by atoms with E-state index in [1.165, 1.54) is 12.8 Å². The Kier molecular flexibility index (Phi) is 13.6. The number of carboxylic acid groups (broad SMARTS) is 4. The van der Waals surface area contributed by atoms with Crippen molar-refractivity contribution < 1.29 is 49.1 Å². The molecule has 14 heteroatoms. The Morgan fingerprint density at radius 2 is 1.44 bits per heavy atom. The lowest BCUT2D eigenvalue weighted by molar-refractivity contribution is -0.159. The highest BCUT2D eigenvalue weighted by molar-refractivity contribution is 9.10. The summed E-state index contributed by atoms with van der Waals surface area (Å²) in [7, 11) is 0. The summed E-state index contributed by atoms with van der Waals surface area (Å²) >= 11 is 3.41. The summed E-state index contributed by atoms with van der Waals surface area (Å²) in [5.41, 5.74) is 0.840. The molecule has 0 saturated carbocycles. The van der Waals surface area contributed by atoms with Crippen LogP contribution in [0.2, 0.25) is 0 Å². The number of carbonyl (C=O) groups is 5. The number of carboxylic acids is 4. The van der Waals surface area contributed by atoms with Gasteiger partial charge in [0.1, 0.15) is 0 Å². The second-order valence-electron chi connectivity index (χ2n) is 7.86. The molecule has 0 spiro atoms. The third kappa shape index (κ3) is 12.1. The van der Waals surface area contributed by atoms with E-state index in [-0.39, 0.29) is 11.9 Å². The topological polar surface area (TPSA) is 194 Å². The first-order chi connectivity index (χ1) is 16.9. The molecule has 0 bridgehead atoms. The number of ether oxygens (including phenoxy) is 1. The van der Waals surface area contributed by atoms with E-state index in [4.69, 9.17) is 44.3 Å². The number of piperazine rings is 1. The molecule has 1 aromatic carbocycles. The lowest BCUT2D eigenvalue weighted by Crippen LogP contribution is -2.53. The van der Waals surface area contributed by atoms with E-state index in [0.717, 1.165) is 49.5 Å². The van der Waals surface area contributed by atoms with E-state index in [9.17, 15) is 4.79 Å². The van der Waals surface area contributed by atoms with Crippen molar-refractivity contribution in [2.75, 3.05) is 44.6 Å². The van der Waals surface area contributed by atoms with Crippen LogP contribution in [-0.4, -0.2) is 111 Å². The standard InChI is InChI=1S/C18H26BrN3O2.2C2H2O4/c1-14(18(23)20-16-6-4-15(19)5-7-16)22-10-8-21(9-11-22)13-17-3-2-12-24-17;2*3-1(4)2(5)6/h4-7,14,17H,2-3,8-13H2,1H3,(H,20,23);2*(H,3,4)(H,5,6). The number of hydrogen-bond acceptors (Lipinski definition) is 8. The molecule has 200 valence electrons. The Hall–Kier alpha value is -3.07. The molecule has 13 nitrogen and oxygen atoms in total. The highest BCUT2D eigenvalue weighted by Crippen LogP contribution is 2.17. The molecule has 0 aromatic heterocycles. The van der Waals surface area contributed by atoms with Crippen molar-refractivity contribution >= 4 is 51.4 Å². The first-order valence-electron chi connectivity index (χ1n) is 11.0. The third-order valence-corrected chi connectivity index (χ3v) is 5.83. The van der Waals surface area contributed by atoms with Gasteiger partial charge in [0.25, 0.3) is 0 Å². The van der Waals surface area contributed by atoms with Crippen LogP contribution in [0.25, 0.3) is 0 Å². The fraction of sp³-hybridized carbons (Fsp3) is 0.500. The molecule has 2 aliphatic heterocycles. The number of hydrogen-bond donors (Lipinski definition) is 5. The quantitative estimate of drug-likeness (QED) is 0.311. The molecule has 1 aromatic rings. The SMILES string of the molecule is CC(C(=O)Nc1ccc(Br)cc1)N1CCN(CC2CCCO2)CC1.O=C(O)C(=O)O.O=C(O)C(=O)O. The molecule has 2 heterocycles. The molecule has 0 radical (unpaired) electrons. The normalized spacial score (nSPS) is 18.4. The van der Waals surface area contributed by atoms with E-state index in [1.807, 2.05) is 31.2 Å². The predicted octanol–water partition coefficient (Wildman–Crippen LogP) is 0.884. The molecule has 2 fully saturated rings. The predicted molar refractivity (Wildman–Crippen MR) is 130 cm³/mol. The highest BCUT2D eigenvalue weighted by Gasteiger charge is 2.27. The molecule has 2 aliphatic rings. The second kappa shape index (κ2) is 15.8. The van der Waals surface area contributed by atoms with Crippen molar-refractivity contribution in [2.45, 2.75) is 31.9 Å². The summed E-state index contributed by atoms with van der Waals surface area (Å²) in [5.74, 6) is -7.24. The Labute approximate surface area is 215 Å². The zero-order chi connectivity index (χ0) is 27.3. The zero-order valence-corrected chi connectivity index (χ0v) is 21.2. The van der Waals surface area contributed by atoms with Crippen LogP contribution in [-0.2, 0) is 28.7 Å². The van der Waals surface area contributed by atoms with Crippen molar-refractivity contribution in [1.82, 2.24) is 9.80 Å². The molecule has 0 aliphatic carbocycles. The Balaban J connectivity index is 0.000000450. The van der Waals surface area contributed by atoms with Gasteiger partial charge in [-0.3, -0.25) is 14.6 Å². The van der Waals surface area contributed by atoms with Gasteiger partial charge in [0.2, 0.25) is 5.91 Å². The highest BCUT2D eigenvalue weighted by atomic mass is 79.9. The number of nitrogens with zero attached hydrogens (tertiary/aromatic N) is 2. The molecule has 5 N–H and O–H groups in total. The van der Waals surface area contributed by atoms with E-state index in [2.05, 4.69) is 31.0 Å². The smallest absolute Gasteiger partial charge is 0.414 e. The minimum atomic E-state index is -1.82.